The van der Waals surface area contributed by atoms with Crippen LogP contribution < -0.4 is 8.37 Å². The first-order valence-corrected chi connectivity index (χ1v) is 27.4. The molecule has 78 heavy (non-hydrogen) atoms. The van der Waals surface area contributed by atoms with Gasteiger partial charge in [-0.05, 0) is 60.4 Å². The summed E-state index contributed by atoms with van der Waals surface area (Å²) in [5.74, 6) is -35.5. The number of carbonyl (C=O) groups excluding carboxylic acids is 2. The number of unbranched alkanes of at least 4 members (excludes halogenated alkanes) is 16. The highest BCUT2D eigenvalue weighted by Crippen LogP contribution is 2.57. The second kappa shape index (κ2) is 26.7. The SMILES string of the molecule is CCCCCCCCCCCC(=O)c1ccc(OS(=O)(=O)C(F)(F)C(F)(F)C(F)(F)C(F)(F)F)c(-c2ccc(-c3cc(C(=O)CCCCCCCCCCC)ccc3OS(=O)(=O)C(F)(F)C(F)(F)C(F)(F)C(F)(F)F)cc2)c1. The number of Topliss-reactive ketones (excluding diaryl/α,β-unsaturated/α-hetero) is 2. The van der Waals surface area contributed by atoms with Crippen molar-refractivity contribution in [2.24, 2.45) is 0 Å². The molecular formula is C50H56F18O8S2. The van der Waals surface area contributed by atoms with E-state index in [4.69, 9.17) is 0 Å². The van der Waals surface area contributed by atoms with Crippen LogP contribution in [0.25, 0.3) is 22.3 Å². The van der Waals surface area contributed by atoms with Gasteiger partial charge in [0.05, 0.1) is 0 Å². The predicted molar refractivity (Wildman–Crippen MR) is 251 cm³/mol. The van der Waals surface area contributed by atoms with Crippen LogP contribution in [0.3, 0.4) is 0 Å². The lowest BCUT2D eigenvalue weighted by atomic mass is 9.94. The van der Waals surface area contributed by atoms with Crippen molar-refractivity contribution in [2.75, 3.05) is 0 Å². The van der Waals surface area contributed by atoms with Gasteiger partial charge in [-0.3, -0.25) is 9.59 Å². The zero-order valence-corrected chi connectivity index (χ0v) is 43.4. The van der Waals surface area contributed by atoms with Crippen LogP contribution in [-0.2, 0) is 20.2 Å². The van der Waals surface area contributed by atoms with Gasteiger partial charge in [0.25, 0.3) is 0 Å². The Morgan fingerprint density at radius 2 is 0.628 bits per heavy atom. The Balaban J connectivity index is 2.19. The maximum absolute atomic E-state index is 14.9. The van der Waals surface area contributed by atoms with E-state index in [2.05, 4.69) is 8.37 Å². The molecule has 0 saturated carbocycles. The normalized spacial score (nSPS) is 13.7. The van der Waals surface area contributed by atoms with Crippen LogP contribution in [0.2, 0.25) is 0 Å². The number of benzene rings is 3. The van der Waals surface area contributed by atoms with E-state index in [1.807, 2.05) is 13.8 Å². The summed E-state index contributed by atoms with van der Waals surface area (Å²) in [7, 11) is -15.3. The molecule has 0 saturated heterocycles. The van der Waals surface area contributed by atoms with Gasteiger partial charge >= 0.3 is 66.8 Å². The molecule has 0 aliphatic carbocycles. The molecule has 28 heteroatoms. The Labute approximate surface area is 438 Å². The third-order valence-corrected chi connectivity index (χ3v) is 15.0. The van der Waals surface area contributed by atoms with Crippen LogP contribution in [-0.4, -0.2) is 75.0 Å². The van der Waals surface area contributed by atoms with Crippen LogP contribution in [0.1, 0.15) is 163 Å². The van der Waals surface area contributed by atoms with Crippen LogP contribution in [0, 0.1) is 0 Å². The van der Waals surface area contributed by atoms with E-state index in [1.54, 1.807) is 0 Å². The lowest BCUT2D eigenvalue weighted by Gasteiger charge is -2.32. The van der Waals surface area contributed by atoms with E-state index >= 15 is 0 Å². The minimum absolute atomic E-state index is 0.234. The number of alkyl halides is 18. The average molecular weight is 1190 g/mol. The van der Waals surface area contributed by atoms with E-state index in [9.17, 15) is 105 Å². The molecule has 0 radical (unpaired) electrons. The maximum Gasteiger partial charge on any atom is 0.460 e. The summed E-state index contributed by atoms with van der Waals surface area (Å²) < 4.78 is 309. The number of hydrogen-bond acceptors (Lipinski definition) is 8. The predicted octanol–water partition coefficient (Wildman–Crippen LogP) is 17.5. The zero-order chi connectivity index (χ0) is 59.4. The highest BCUT2D eigenvalue weighted by molar-refractivity contribution is 7.88. The van der Waals surface area contributed by atoms with Gasteiger partial charge in [0.2, 0.25) is 0 Å². The number of halogens is 18. The van der Waals surface area contributed by atoms with Crippen molar-refractivity contribution in [1.29, 1.82) is 0 Å². The van der Waals surface area contributed by atoms with Crippen LogP contribution in [0.4, 0.5) is 79.0 Å². The van der Waals surface area contributed by atoms with Crippen molar-refractivity contribution < 1.29 is 114 Å². The molecular weight excluding hydrogens is 1130 g/mol. The first kappa shape index (κ1) is 67.5. The van der Waals surface area contributed by atoms with E-state index in [-0.39, 0.29) is 25.7 Å². The number of ketones is 2. The Kier molecular flexibility index (Phi) is 23.1. The Morgan fingerprint density at radius 1 is 0.372 bits per heavy atom. The molecule has 0 spiro atoms. The van der Waals surface area contributed by atoms with E-state index < -0.39 is 123 Å². The third kappa shape index (κ3) is 15.4. The summed E-state index contributed by atoms with van der Waals surface area (Å²) in [4.78, 5) is 26.7. The lowest BCUT2D eigenvalue weighted by Crippen LogP contribution is -2.63. The van der Waals surface area contributed by atoms with Gasteiger partial charge in [-0.2, -0.15) is 95.9 Å². The molecule has 0 heterocycles. The van der Waals surface area contributed by atoms with Crippen LogP contribution >= 0.6 is 0 Å². The molecule has 0 atom stereocenters. The molecule has 3 rings (SSSR count). The molecule has 0 aromatic heterocycles. The molecule has 0 bridgehead atoms. The Bertz CT molecular complexity index is 2510. The molecule has 0 unspecified atom stereocenters. The minimum atomic E-state index is -7.75. The number of hydrogen-bond donors (Lipinski definition) is 0. The molecule has 3 aromatic rings. The largest absolute Gasteiger partial charge is 0.460 e. The highest BCUT2D eigenvalue weighted by atomic mass is 32.2. The summed E-state index contributed by atoms with van der Waals surface area (Å²) in [5, 5.41) is -14.7. The van der Waals surface area contributed by atoms with Gasteiger partial charge in [0.1, 0.15) is 0 Å². The van der Waals surface area contributed by atoms with Crippen LogP contribution in [0.5, 0.6) is 11.5 Å². The smallest absolute Gasteiger partial charge is 0.377 e. The first-order valence-electron chi connectivity index (χ1n) is 24.5. The van der Waals surface area contributed by atoms with E-state index in [0.717, 1.165) is 101 Å². The maximum atomic E-state index is 14.9. The minimum Gasteiger partial charge on any atom is -0.377 e. The quantitative estimate of drug-likeness (QED) is 0.0251. The molecule has 0 amide bonds. The van der Waals surface area contributed by atoms with Crippen molar-refractivity contribution in [3.8, 4) is 33.8 Å². The standard InChI is InChI=1S/C50H56F18O8S2/c1-3-5-7-9-11-13-15-17-19-21-39(69)35-27-29-41(75-77(71,72)49(65,66)45(55,56)43(51,52)47(59,60)61)37(31-35)33-23-25-34(26-24-33)38-32-36(40(70)22-20-18-16-14-12-10-8-6-4-2)28-30-42(38)76-78(73,74)50(67,68)46(57,58)44(53,54)48(62,63)64/h23-32H,3-22H2,1-2H3. The fourth-order valence-corrected chi connectivity index (χ4v) is 9.55. The molecule has 442 valence electrons. The van der Waals surface area contributed by atoms with Crippen molar-refractivity contribution in [2.45, 2.75) is 189 Å². The van der Waals surface area contributed by atoms with Gasteiger partial charge in [-0.15, -0.1) is 0 Å². The zero-order valence-electron chi connectivity index (χ0n) is 41.8. The van der Waals surface area contributed by atoms with Crippen LogP contribution in [0.15, 0.2) is 60.7 Å². The molecule has 3 aromatic carbocycles. The summed E-state index contributed by atoms with van der Waals surface area (Å²) >= 11 is 0. The molecule has 0 aliphatic rings. The van der Waals surface area contributed by atoms with Gasteiger partial charge in [-0.25, -0.2) is 0 Å². The first-order chi connectivity index (χ1) is 35.8. The fraction of sp³-hybridized carbons (Fsp3) is 0.600. The van der Waals surface area contributed by atoms with Gasteiger partial charge in [0, 0.05) is 35.1 Å². The summed E-state index contributed by atoms with van der Waals surface area (Å²) in [5.41, 5.74) is -3.75. The monoisotopic (exact) mass is 1190 g/mol. The second-order valence-electron chi connectivity index (χ2n) is 18.4. The van der Waals surface area contributed by atoms with Crippen molar-refractivity contribution in [3.05, 3.63) is 71.8 Å². The van der Waals surface area contributed by atoms with Crippen molar-refractivity contribution in [3.63, 3.8) is 0 Å². The lowest BCUT2D eigenvalue weighted by molar-refractivity contribution is -0.382. The summed E-state index contributed by atoms with van der Waals surface area (Å²) in [6, 6.07) is 6.36. The molecule has 8 nitrogen and oxygen atoms in total. The highest BCUT2D eigenvalue weighted by Gasteiger charge is 2.87. The Morgan fingerprint density at radius 3 is 0.885 bits per heavy atom. The summed E-state index contributed by atoms with van der Waals surface area (Å²) in [6.45, 7) is 4.06. The van der Waals surface area contributed by atoms with Crippen molar-refractivity contribution >= 4 is 31.8 Å². The molecule has 0 N–H and O–H groups in total. The number of carbonyl (C=O) groups is 2. The van der Waals surface area contributed by atoms with E-state index in [1.165, 1.54) is 0 Å². The number of rotatable bonds is 34. The fourth-order valence-electron chi connectivity index (χ4n) is 7.69. The van der Waals surface area contributed by atoms with Gasteiger partial charge < -0.3 is 8.37 Å². The molecule has 0 fully saturated rings. The summed E-state index contributed by atoms with van der Waals surface area (Å²) in [6.07, 6.45) is -1.000. The Hall–Kier alpha value is -4.76. The molecule has 0 aliphatic heterocycles. The average Bonchev–Trinajstić information content (AvgIpc) is 3.34. The van der Waals surface area contributed by atoms with Gasteiger partial charge in [0.15, 0.2) is 23.1 Å². The third-order valence-electron chi connectivity index (χ3n) is 12.4. The topological polar surface area (TPSA) is 121 Å². The second-order valence-corrected chi connectivity index (χ2v) is 21.6. The van der Waals surface area contributed by atoms with Crippen molar-refractivity contribution in [1.82, 2.24) is 0 Å². The van der Waals surface area contributed by atoms with E-state index in [0.29, 0.717) is 62.1 Å². The van der Waals surface area contributed by atoms with Gasteiger partial charge in [-0.1, -0.05) is 141 Å².